The number of amides is 1. The van der Waals surface area contributed by atoms with Crippen LogP contribution in [0.1, 0.15) is 24.8 Å². The van der Waals surface area contributed by atoms with Gasteiger partial charge in [-0.2, -0.15) is 0 Å². The maximum absolute atomic E-state index is 12.1. The van der Waals surface area contributed by atoms with Crippen LogP contribution in [-0.4, -0.2) is 86.1 Å². The summed E-state index contributed by atoms with van der Waals surface area (Å²) in [6.07, 6.45) is 1.45. The van der Waals surface area contributed by atoms with E-state index in [0.29, 0.717) is 26.2 Å². The largest absolute Gasteiger partial charge is 0.497 e. The summed E-state index contributed by atoms with van der Waals surface area (Å²) in [4.78, 5) is 16.0. The van der Waals surface area contributed by atoms with Crippen LogP contribution in [0.4, 0.5) is 0 Å². The molecule has 0 radical (unpaired) electrons. The molecule has 2 saturated heterocycles. The van der Waals surface area contributed by atoms with Gasteiger partial charge in [-0.1, -0.05) is 12.1 Å². The van der Waals surface area contributed by atoms with Crippen molar-refractivity contribution in [1.82, 2.24) is 9.80 Å². The molecule has 0 aromatic heterocycles. The summed E-state index contributed by atoms with van der Waals surface area (Å²) in [7, 11) is 5.20. The molecular weight excluding hydrogens is 360 g/mol. The Morgan fingerprint density at radius 1 is 1.25 bits per heavy atom. The topological polar surface area (TPSA) is 71.5 Å². The quantitative estimate of drug-likeness (QED) is 0.814. The summed E-state index contributed by atoms with van der Waals surface area (Å²) in [6.45, 7) is 2.01. The van der Waals surface area contributed by atoms with Crippen LogP contribution in [0.15, 0.2) is 24.3 Å². The number of methoxy groups -OCH3 is 1. The molecule has 0 bridgehead atoms. The van der Waals surface area contributed by atoms with Gasteiger partial charge in [-0.3, -0.25) is 9.69 Å². The lowest BCUT2D eigenvalue weighted by atomic mass is 9.94. The third-order valence-corrected chi connectivity index (χ3v) is 5.53. The molecule has 7 heteroatoms. The van der Waals surface area contributed by atoms with Crippen molar-refractivity contribution >= 4 is 5.91 Å². The summed E-state index contributed by atoms with van der Waals surface area (Å²) < 4.78 is 17.2. The summed E-state index contributed by atoms with van der Waals surface area (Å²) in [5.74, 6) is 0.915. The van der Waals surface area contributed by atoms with E-state index in [1.165, 1.54) is 0 Å². The molecule has 1 aromatic carbocycles. The van der Waals surface area contributed by atoms with Gasteiger partial charge in [0, 0.05) is 33.2 Å². The maximum Gasteiger partial charge on any atom is 0.224 e. The first-order valence-corrected chi connectivity index (χ1v) is 9.94. The molecule has 2 aliphatic heterocycles. The van der Waals surface area contributed by atoms with E-state index >= 15 is 0 Å². The van der Waals surface area contributed by atoms with Crippen LogP contribution in [0.2, 0.25) is 0 Å². The van der Waals surface area contributed by atoms with Crippen LogP contribution in [0, 0.1) is 0 Å². The maximum atomic E-state index is 12.1. The van der Waals surface area contributed by atoms with Gasteiger partial charge in [-0.05, 0) is 30.5 Å². The average Bonchev–Trinajstić information content (AvgIpc) is 2.67. The van der Waals surface area contributed by atoms with Crippen molar-refractivity contribution in [3.8, 4) is 5.75 Å². The molecule has 0 saturated carbocycles. The number of carbonyl (C=O) groups is 1. The van der Waals surface area contributed by atoms with Gasteiger partial charge in [-0.25, -0.2) is 0 Å². The van der Waals surface area contributed by atoms with Crippen LogP contribution < -0.4 is 4.74 Å². The first-order valence-electron chi connectivity index (χ1n) is 9.94. The summed E-state index contributed by atoms with van der Waals surface area (Å²) in [6, 6.07) is 8.17. The number of aliphatic hydroxyl groups is 1. The molecule has 0 spiro atoms. The normalized spacial score (nSPS) is 28.7. The van der Waals surface area contributed by atoms with Crippen LogP contribution in [-0.2, 0) is 20.8 Å². The highest BCUT2D eigenvalue weighted by Crippen LogP contribution is 2.29. The van der Waals surface area contributed by atoms with Crippen LogP contribution in [0.5, 0.6) is 5.75 Å². The number of benzene rings is 1. The first-order chi connectivity index (χ1) is 13.5. The van der Waals surface area contributed by atoms with Gasteiger partial charge in [0.25, 0.3) is 0 Å². The van der Waals surface area contributed by atoms with Crippen molar-refractivity contribution in [2.24, 2.45) is 0 Å². The number of nitrogens with zero attached hydrogens (tertiary/aromatic N) is 2. The summed E-state index contributed by atoms with van der Waals surface area (Å²) >= 11 is 0. The van der Waals surface area contributed by atoms with Crippen LogP contribution >= 0.6 is 0 Å². The number of ether oxygens (including phenoxy) is 3. The van der Waals surface area contributed by atoms with Crippen molar-refractivity contribution in [2.45, 2.75) is 50.2 Å². The Labute approximate surface area is 167 Å². The highest BCUT2D eigenvalue weighted by Gasteiger charge is 2.38. The lowest BCUT2D eigenvalue weighted by Gasteiger charge is -2.44. The molecule has 0 unspecified atom stereocenters. The highest BCUT2D eigenvalue weighted by molar-refractivity contribution is 5.76. The van der Waals surface area contributed by atoms with E-state index in [1.807, 2.05) is 12.1 Å². The van der Waals surface area contributed by atoms with Crippen molar-refractivity contribution in [3.05, 3.63) is 29.8 Å². The van der Waals surface area contributed by atoms with Gasteiger partial charge in [-0.15, -0.1) is 0 Å². The minimum Gasteiger partial charge on any atom is -0.497 e. The van der Waals surface area contributed by atoms with E-state index in [-0.39, 0.29) is 24.2 Å². The number of fused-ring (bicyclic) bond motifs is 1. The predicted molar refractivity (Wildman–Crippen MR) is 105 cm³/mol. The SMILES string of the molecule is COc1ccc(CN2C[C@@H](O)COC[C@H]3O[C@H](CC(=O)N(C)C)CC[C@@H]32)cc1. The second-order valence-corrected chi connectivity index (χ2v) is 7.90. The Morgan fingerprint density at radius 2 is 2.00 bits per heavy atom. The van der Waals surface area contributed by atoms with Crippen LogP contribution in [0.25, 0.3) is 0 Å². The molecule has 7 nitrogen and oxygen atoms in total. The fourth-order valence-corrected chi connectivity index (χ4v) is 3.97. The zero-order valence-corrected chi connectivity index (χ0v) is 17.0. The van der Waals surface area contributed by atoms with Gasteiger partial charge in [0.05, 0.1) is 45.1 Å². The van der Waals surface area contributed by atoms with Crippen molar-refractivity contribution in [1.29, 1.82) is 0 Å². The predicted octanol–water partition coefficient (Wildman–Crippen LogP) is 1.28. The molecule has 0 aliphatic carbocycles. The molecule has 2 fully saturated rings. The fourth-order valence-electron chi connectivity index (χ4n) is 3.97. The Bertz CT molecular complexity index is 636. The lowest BCUT2D eigenvalue weighted by molar-refractivity contribution is -0.160. The zero-order valence-electron chi connectivity index (χ0n) is 17.0. The average molecular weight is 392 g/mol. The molecule has 2 heterocycles. The lowest BCUT2D eigenvalue weighted by Crippen LogP contribution is -2.55. The smallest absolute Gasteiger partial charge is 0.224 e. The van der Waals surface area contributed by atoms with Crippen molar-refractivity contribution < 1.29 is 24.1 Å². The Balaban J connectivity index is 1.69. The van der Waals surface area contributed by atoms with Gasteiger partial charge in [0.15, 0.2) is 0 Å². The molecular formula is C21H32N2O5. The Kier molecular flexibility index (Phi) is 7.29. The highest BCUT2D eigenvalue weighted by atomic mass is 16.5. The first kappa shape index (κ1) is 21.0. The second-order valence-electron chi connectivity index (χ2n) is 7.90. The zero-order chi connectivity index (χ0) is 20.1. The number of hydrogen-bond acceptors (Lipinski definition) is 6. The minimum absolute atomic E-state index is 0.0769. The van der Waals surface area contributed by atoms with E-state index in [9.17, 15) is 9.90 Å². The molecule has 1 aromatic rings. The molecule has 2 aliphatic rings. The van der Waals surface area contributed by atoms with Crippen molar-refractivity contribution in [3.63, 3.8) is 0 Å². The Hall–Kier alpha value is -1.67. The van der Waals surface area contributed by atoms with Gasteiger partial charge < -0.3 is 24.2 Å². The number of rotatable bonds is 5. The third kappa shape index (κ3) is 5.44. The van der Waals surface area contributed by atoms with Gasteiger partial charge in [0.1, 0.15) is 5.75 Å². The second kappa shape index (κ2) is 9.69. The van der Waals surface area contributed by atoms with E-state index in [4.69, 9.17) is 14.2 Å². The van der Waals surface area contributed by atoms with Gasteiger partial charge >= 0.3 is 0 Å². The molecule has 1 amide bonds. The molecule has 3 rings (SSSR count). The number of β-amino-alcohol motifs (C(OH)–C–C–N with tert-alkyl or cyclic N) is 1. The third-order valence-electron chi connectivity index (χ3n) is 5.53. The van der Waals surface area contributed by atoms with E-state index in [2.05, 4.69) is 17.0 Å². The number of carbonyl (C=O) groups excluding carboxylic acids is 1. The van der Waals surface area contributed by atoms with E-state index in [0.717, 1.165) is 30.7 Å². The number of aliphatic hydroxyl groups excluding tert-OH is 1. The fraction of sp³-hybridized carbons (Fsp3) is 0.667. The van der Waals surface area contributed by atoms with Gasteiger partial charge in [0.2, 0.25) is 5.91 Å². The molecule has 1 N–H and O–H groups in total. The van der Waals surface area contributed by atoms with E-state index in [1.54, 1.807) is 26.1 Å². The summed E-state index contributed by atoms with van der Waals surface area (Å²) in [5, 5.41) is 10.3. The monoisotopic (exact) mass is 392 g/mol. The van der Waals surface area contributed by atoms with Crippen LogP contribution in [0.3, 0.4) is 0 Å². The standard InChI is InChI=1S/C21H32N2O5/c1-22(2)21(25)10-18-8-9-19-20(28-18)14-27-13-16(24)12-23(19)11-15-4-6-17(26-3)7-5-15/h4-7,16,18-20,24H,8-14H2,1-3H3/t16-,18+,19+,20-/m1/s1. The molecule has 28 heavy (non-hydrogen) atoms. The molecule has 4 atom stereocenters. The van der Waals surface area contributed by atoms with E-state index < -0.39 is 6.10 Å². The number of hydrogen-bond donors (Lipinski definition) is 1. The van der Waals surface area contributed by atoms with Crippen molar-refractivity contribution in [2.75, 3.05) is 41.0 Å². The summed E-state index contributed by atoms with van der Waals surface area (Å²) in [5.41, 5.74) is 1.16. The molecule has 156 valence electrons. The Morgan fingerprint density at radius 3 is 2.68 bits per heavy atom. The minimum atomic E-state index is -0.521.